The van der Waals surface area contributed by atoms with Crippen molar-refractivity contribution in [1.82, 2.24) is 0 Å². The Bertz CT molecular complexity index is 602. The molecule has 2 aromatic rings. The molecule has 0 N–H and O–H groups in total. The van der Waals surface area contributed by atoms with Gasteiger partial charge in [-0.1, -0.05) is 71.0 Å². The Hall–Kier alpha value is -0.0405. The second kappa shape index (κ2) is 13.4. The number of rotatable bonds is 0. The molecule has 0 spiro atoms. The Morgan fingerprint density at radius 2 is 1.14 bits per heavy atom. The van der Waals surface area contributed by atoms with Crippen molar-refractivity contribution in [3.8, 4) is 0 Å². The van der Waals surface area contributed by atoms with Gasteiger partial charge in [-0.3, -0.25) is 0 Å². The SMILES string of the molecule is Clc1cc(Br)cc(Br)c1.[C-]#N.[C-]#[N+]c1cc(Cl)cc(Br)c1.[Cu+]. The molecule has 0 aliphatic rings. The molecule has 2 nitrogen and oxygen atoms in total. The first kappa shape index (κ1) is 24.2. The van der Waals surface area contributed by atoms with E-state index in [1.807, 2.05) is 18.2 Å². The summed E-state index contributed by atoms with van der Waals surface area (Å²) in [6, 6.07) is 10.7. The molecule has 0 heterocycles. The molecule has 0 aliphatic carbocycles. The topological polar surface area (TPSA) is 28.1 Å². The van der Waals surface area contributed by atoms with E-state index in [1.165, 1.54) is 0 Å². The van der Waals surface area contributed by atoms with Gasteiger partial charge in [-0.25, -0.2) is 4.85 Å². The van der Waals surface area contributed by atoms with Crippen molar-refractivity contribution in [1.29, 1.82) is 5.26 Å². The third kappa shape index (κ3) is 10.6. The molecule has 0 radical (unpaired) electrons. The second-order valence-electron chi connectivity index (χ2n) is 3.33. The predicted molar refractivity (Wildman–Crippen MR) is 97.2 cm³/mol. The van der Waals surface area contributed by atoms with Crippen LogP contribution in [0.15, 0.2) is 49.8 Å². The summed E-state index contributed by atoms with van der Waals surface area (Å²) in [7, 11) is 0. The van der Waals surface area contributed by atoms with E-state index >= 15 is 0 Å². The zero-order valence-electron chi connectivity index (χ0n) is 10.5. The quantitative estimate of drug-likeness (QED) is 0.235. The van der Waals surface area contributed by atoms with E-state index in [4.69, 9.17) is 41.6 Å². The van der Waals surface area contributed by atoms with Crippen LogP contribution in [-0.4, -0.2) is 0 Å². The van der Waals surface area contributed by atoms with E-state index in [0.29, 0.717) is 10.7 Å². The van der Waals surface area contributed by atoms with Gasteiger partial charge in [0.2, 0.25) is 0 Å². The Kier molecular flexibility index (Phi) is 14.8. The Balaban J connectivity index is 0. The number of halogens is 5. The summed E-state index contributed by atoms with van der Waals surface area (Å²) >= 11 is 21.2. The molecule has 118 valence electrons. The molecule has 0 unspecified atom stereocenters. The summed E-state index contributed by atoms with van der Waals surface area (Å²) in [5.41, 5.74) is 0.555. The summed E-state index contributed by atoms with van der Waals surface area (Å²) in [6.07, 6.45) is 0. The largest absolute Gasteiger partial charge is 1.00 e. The average Bonchev–Trinajstić information content (AvgIpc) is 2.39. The summed E-state index contributed by atoms with van der Waals surface area (Å²) in [4.78, 5) is 3.23. The fourth-order valence-electron chi connectivity index (χ4n) is 1.12. The molecule has 0 fully saturated rings. The summed E-state index contributed by atoms with van der Waals surface area (Å²) in [5.74, 6) is 0. The van der Waals surface area contributed by atoms with Crippen LogP contribution >= 0.6 is 71.0 Å². The van der Waals surface area contributed by atoms with Gasteiger partial charge in [0, 0.05) is 23.5 Å². The Labute approximate surface area is 175 Å². The molecule has 0 aliphatic heterocycles. The zero-order valence-corrected chi connectivity index (χ0v) is 17.8. The zero-order chi connectivity index (χ0) is 16.4. The fourth-order valence-corrected chi connectivity index (χ4v) is 3.76. The molecule has 2 rings (SSSR count). The van der Waals surface area contributed by atoms with Gasteiger partial charge < -0.3 is 11.8 Å². The van der Waals surface area contributed by atoms with Crippen LogP contribution in [0.1, 0.15) is 0 Å². The molecule has 0 aromatic heterocycles. The first-order valence-corrected chi connectivity index (χ1v) is 8.21. The van der Waals surface area contributed by atoms with Gasteiger partial charge in [-0.15, -0.1) is 0 Å². The Morgan fingerprint density at radius 1 is 0.773 bits per heavy atom. The van der Waals surface area contributed by atoms with Crippen LogP contribution in [0.4, 0.5) is 5.69 Å². The van der Waals surface area contributed by atoms with Crippen LogP contribution in [0.2, 0.25) is 10.0 Å². The van der Waals surface area contributed by atoms with E-state index in [0.717, 1.165) is 18.4 Å². The molecule has 0 saturated carbocycles. The van der Waals surface area contributed by atoms with Crippen molar-refractivity contribution in [3.05, 3.63) is 77.9 Å². The average molecular weight is 576 g/mol. The molecular weight excluding hydrogens is 570 g/mol. The standard InChI is InChI=1S/C7H3BrClN.C6H3Br2Cl.CN.Cu/c1-10-7-3-5(8)2-6(9)4-7;7-4-1-5(8)3-6(9)2-4;1-2;/h2-4H;1-3H;;/q;;-1;+1. The number of hydrogen-bond acceptors (Lipinski definition) is 1. The molecule has 0 saturated heterocycles. The molecular formula is C14H6Br3Cl2CuN2. The first-order chi connectivity index (χ1) is 9.90. The van der Waals surface area contributed by atoms with Gasteiger partial charge >= 0.3 is 17.1 Å². The summed E-state index contributed by atoms with van der Waals surface area (Å²) in [5, 5.41) is 7.57. The minimum absolute atomic E-state index is 0. The van der Waals surface area contributed by atoms with Crippen molar-refractivity contribution in [2.75, 3.05) is 0 Å². The van der Waals surface area contributed by atoms with Crippen LogP contribution in [0, 0.1) is 18.4 Å². The molecule has 2 aromatic carbocycles. The third-order valence-corrected chi connectivity index (χ3v) is 3.61. The van der Waals surface area contributed by atoms with E-state index in [1.54, 1.807) is 18.2 Å². The number of benzene rings is 2. The monoisotopic (exact) mass is 572 g/mol. The van der Waals surface area contributed by atoms with E-state index in [2.05, 4.69) is 52.6 Å². The molecule has 0 bridgehead atoms. The normalized spacial score (nSPS) is 8.09. The fraction of sp³-hybridized carbons (Fsp3) is 0. The maximum atomic E-state index is 6.68. The summed E-state index contributed by atoms with van der Waals surface area (Å²) < 4.78 is 2.81. The van der Waals surface area contributed by atoms with Crippen molar-refractivity contribution in [3.63, 3.8) is 0 Å². The second-order valence-corrected chi connectivity index (χ2v) is 6.95. The third-order valence-electron chi connectivity index (χ3n) is 1.80. The first-order valence-electron chi connectivity index (χ1n) is 5.08. The van der Waals surface area contributed by atoms with Crippen LogP contribution < -0.4 is 0 Å². The van der Waals surface area contributed by atoms with Crippen LogP contribution in [-0.2, 0) is 17.1 Å². The van der Waals surface area contributed by atoms with Crippen LogP contribution in [0.5, 0.6) is 0 Å². The van der Waals surface area contributed by atoms with E-state index in [-0.39, 0.29) is 17.1 Å². The van der Waals surface area contributed by atoms with Gasteiger partial charge in [-0.05, 0) is 36.4 Å². The van der Waals surface area contributed by atoms with Crippen molar-refractivity contribution in [2.24, 2.45) is 0 Å². The van der Waals surface area contributed by atoms with Crippen molar-refractivity contribution >= 4 is 76.7 Å². The number of hydrogen-bond donors (Lipinski definition) is 0. The van der Waals surface area contributed by atoms with Crippen molar-refractivity contribution in [2.45, 2.75) is 0 Å². The number of nitrogens with zero attached hydrogens (tertiary/aromatic N) is 2. The smallest absolute Gasteiger partial charge is 0.512 e. The minimum atomic E-state index is 0. The van der Waals surface area contributed by atoms with Gasteiger partial charge in [0.05, 0.1) is 6.57 Å². The molecule has 8 heteroatoms. The minimum Gasteiger partial charge on any atom is -0.512 e. The molecule has 0 amide bonds. The van der Waals surface area contributed by atoms with Crippen LogP contribution in [0.3, 0.4) is 0 Å². The Morgan fingerprint density at radius 3 is 1.45 bits per heavy atom. The molecule has 0 atom stereocenters. The van der Waals surface area contributed by atoms with E-state index in [9.17, 15) is 0 Å². The predicted octanol–water partition coefficient (Wildman–Crippen LogP) is 7.61. The van der Waals surface area contributed by atoms with E-state index < -0.39 is 0 Å². The summed E-state index contributed by atoms with van der Waals surface area (Å²) in [6.45, 7) is 11.4. The van der Waals surface area contributed by atoms with Crippen molar-refractivity contribution < 1.29 is 17.1 Å². The van der Waals surface area contributed by atoms with Gasteiger partial charge in [0.25, 0.3) is 0 Å². The van der Waals surface area contributed by atoms with Gasteiger partial charge in [0.1, 0.15) is 0 Å². The maximum absolute atomic E-state index is 6.68. The molecule has 22 heavy (non-hydrogen) atoms. The maximum Gasteiger partial charge on any atom is 1.00 e. The van der Waals surface area contributed by atoms with Gasteiger partial charge in [0.15, 0.2) is 5.69 Å². The van der Waals surface area contributed by atoms with Crippen LogP contribution in [0.25, 0.3) is 4.85 Å². The van der Waals surface area contributed by atoms with Gasteiger partial charge in [-0.2, -0.15) is 0 Å².